The molecule has 0 aliphatic carbocycles. The van der Waals surface area contributed by atoms with Gasteiger partial charge in [0.05, 0.1) is 19.4 Å². The number of rotatable bonds is 2. The van der Waals surface area contributed by atoms with Crippen LogP contribution in [0, 0.1) is 0 Å². The lowest BCUT2D eigenvalue weighted by Gasteiger charge is -2.27. The van der Waals surface area contributed by atoms with E-state index >= 15 is 0 Å². The Bertz CT molecular complexity index is 791. The van der Waals surface area contributed by atoms with Crippen molar-refractivity contribution in [2.24, 2.45) is 0 Å². The van der Waals surface area contributed by atoms with Crippen LogP contribution < -0.4 is 10.6 Å². The highest BCUT2D eigenvalue weighted by Gasteiger charge is 2.18. The number of morpholine rings is 1. The van der Waals surface area contributed by atoms with Crippen LogP contribution in [-0.4, -0.2) is 45.9 Å². The van der Waals surface area contributed by atoms with E-state index in [2.05, 4.69) is 15.0 Å². The van der Waals surface area contributed by atoms with Crippen molar-refractivity contribution < 1.29 is 4.74 Å². The maximum absolute atomic E-state index is 5.75. The van der Waals surface area contributed by atoms with E-state index in [-0.39, 0.29) is 0 Å². The highest BCUT2D eigenvalue weighted by molar-refractivity contribution is 5.62. The number of nitrogens with zero attached hydrogens (tertiary/aromatic N) is 5. The summed E-state index contributed by atoms with van der Waals surface area (Å²) in [6.07, 6.45) is 1.74. The lowest BCUT2D eigenvalue weighted by Crippen LogP contribution is -2.38. The average molecular weight is 296 g/mol. The van der Waals surface area contributed by atoms with Gasteiger partial charge in [-0.3, -0.25) is 0 Å². The van der Waals surface area contributed by atoms with E-state index in [0.717, 1.165) is 35.9 Å². The number of ether oxygens (including phenoxy) is 1. The van der Waals surface area contributed by atoms with E-state index in [1.165, 1.54) is 0 Å². The molecule has 1 fully saturated rings. The molecule has 7 heteroatoms. The van der Waals surface area contributed by atoms with Gasteiger partial charge in [0.2, 0.25) is 5.95 Å². The van der Waals surface area contributed by atoms with Gasteiger partial charge >= 0.3 is 0 Å². The Labute approximate surface area is 127 Å². The van der Waals surface area contributed by atoms with Crippen molar-refractivity contribution in [2.75, 3.05) is 36.9 Å². The van der Waals surface area contributed by atoms with E-state index in [9.17, 15) is 0 Å². The molecule has 1 aromatic carbocycles. The molecule has 3 aromatic rings. The minimum Gasteiger partial charge on any atom is -0.399 e. The molecule has 0 radical (unpaired) electrons. The minimum atomic E-state index is 0.675. The highest BCUT2D eigenvalue weighted by atomic mass is 16.5. The maximum Gasteiger partial charge on any atom is 0.230 e. The van der Waals surface area contributed by atoms with Gasteiger partial charge in [-0.2, -0.15) is 14.6 Å². The van der Waals surface area contributed by atoms with Gasteiger partial charge in [0.25, 0.3) is 0 Å². The van der Waals surface area contributed by atoms with E-state index in [1.54, 1.807) is 10.7 Å². The van der Waals surface area contributed by atoms with Crippen LogP contribution in [-0.2, 0) is 4.74 Å². The van der Waals surface area contributed by atoms with Crippen molar-refractivity contribution in [1.29, 1.82) is 0 Å². The number of nitrogen functional groups attached to an aromatic ring is 1. The largest absolute Gasteiger partial charge is 0.399 e. The molecule has 2 N–H and O–H groups in total. The normalized spacial score (nSPS) is 15.4. The van der Waals surface area contributed by atoms with E-state index < -0.39 is 0 Å². The fraction of sp³-hybridized carbons (Fsp3) is 0.267. The van der Waals surface area contributed by atoms with Crippen LogP contribution in [0.25, 0.3) is 17.0 Å². The lowest BCUT2D eigenvalue weighted by molar-refractivity contribution is 0.122. The first kappa shape index (κ1) is 13.0. The second-order valence-corrected chi connectivity index (χ2v) is 5.17. The number of nitrogens with two attached hydrogens (primary N) is 1. The van der Waals surface area contributed by atoms with E-state index in [4.69, 9.17) is 15.5 Å². The molecule has 7 nitrogen and oxygen atoms in total. The molecule has 22 heavy (non-hydrogen) atoms. The molecule has 1 saturated heterocycles. The van der Waals surface area contributed by atoms with Crippen LogP contribution in [0.2, 0.25) is 0 Å². The van der Waals surface area contributed by atoms with Crippen LogP contribution in [0.15, 0.2) is 36.5 Å². The van der Waals surface area contributed by atoms with Crippen LogP contribution in [0.3, 0.4) is 0 Å². The smallest absolute Gasteiger partial charge is 0.230 e. The first-order valence-electron chi connectivity index (χ1n) is 7.22. The Kier molecular flexibility index (Phi) is 3.12. The van der Waals surface area contributed by atoms with Gasteiger partial charge in [-0.05, 0) is 24.3 Å². The summed E-state index contributed by atoms with van der Waals surface area (Å²) in [7, 11) is 0. The van der Waals surface area contributed by atoms with Crippen LogP contribution in [0.5, 0.6) is 0 Å². The summed E-state index contributed by atoms with van der Waals surface area (Å²) < 4.78 is 7.18. The monoisotopic (exact) mass is 296 g/mol. The summed E-state index contributed by atoms with van der Waals surface area (Å²) in [6, 6.07) is 9.45. The van der Waals surface area contributed by atoms with Crippen LogP contribution in [0.1, 0.15) is 0 Å². The zero-order valence-electron chi connectivity index (χ0n) is 12.0. The van der Waals surface area contributed by atoms with Crippen molar-refractivity contribution in [3.8, 4) is 11.4 Å². The van der Waals surface area contributed by atoms with Crippen LogP contribution in [0.4, 0.5) is 11.6 Å². The Morgan fingerprint density at radius 3 is 2.55 bits per heavy atom. The maximum atomic E-state index is 5.75. The molecule has 0 saturated carbocycles. The van der Waals surface area contributed by atoms with Crippen molar-refractivity contribution >= 4 is 17.3 Å². The number of hydrogen-bond acceptors (Lipinski definition) is 6. The molecule has 1 aliphatic heterocycles. The third kappa shape index (κ3) is 2.25. The van der Waals surface area contributed by atoms with Gasteiger partial charge in [-0.1, -0.05) is 0 Å². The first-order chi connectivity index (χ1) is 10.8. The quantitative estimate of drug-likeness (QED) is 0.716. The topological polar surface area (TPSA) is 81.6 Å². The first-order valence-corrected chi connectivity index (χ1v) is 7.22. The van der Waals surface area contributed by atoms with Gasteiger partial charge in [0, 0.05) is 30.4 Å². The van der Waals surface area contributed by atoms with E-state index in [1.807, 2.05) is 30.3 Å². The van der Waals surface area contributed by atoms with Gasteiger partial charge < -0.3 is 15.4 Å². The van der Waals surface area contributed by atoms with Gasteiger partial charge in [0.15, 0.2) is 11.5 Å². The molecule has 112 valence electrons. The molecule has 0 bridgehead atoms. The zero-order valence-corrected chi connectivity index (χ0v) is 12.0. The summed E-state index contributed by atoms with van der Waals surface area (Å²) in [4.78, 5) is 11.5. The Balaban J connectivity index is 1.84. The molecule has 2 aromatic heterocycles. The standard InChI is InChI=1S/C15H16N6O/c16-12-3-1-11(2-4-12)14-18-13-5-6-17-21(13)15(19-14)20-7-9-22-10-8-20/h1-6H,7-10,16H2. The molecule has 1 aliphatic rings. The SMILES string of the molecule is Nc1ccc(-c2nc(N3CCOCC3)n3nccc3n2)cc1. The molecule has 0 spiro atoms. The van der Waals surface area contributed by atoms with Gasteiger partial charge in [0.1, 0.15) is 0 Å². The lowest BCUT2D eigenvalue weighted by atomic mass is 10.2. The molecular formula is C15H16N6O. The number of benzene rings is 1. The average Bonchev–Trinajstić information content (AvgIpc) is 3.04. The predicted octanol–water partition coefficient (Wildman–Crippen LogP) is 1.21. The van der Waals surface area contributed by atoms with Gasteiger partial charge in [-0.25, -0.2) is 4.98 Å². The molecule has 0 amide bonds. The number of aromatic nitrogens is 4. The Hall–Kier alpha value is -2.67. The van der Waals surface area contributed by atoms with Crippen molar-refractivity contribution in [2.45, 2.75) is 0 Å². The minimum absolute atomic E-state index is 0.675. The summed E-state index contributed by atoms with van der Waals surface area (Å²) in [5.74, 6) is 1.47. The summed E-state index contributed by atoms with van der Waals surface area (Å²) in [5.41, 5.74) is 8.19. The third-order valence-corrected chi connectivity index (χ3v) is 3.70. The number of hydrogen-bond donors (Lipinski definition) is 1. The fourth-order valence-electron chi connectivity index (χ4n) is 2.54. The third-order valence-electron chi connectivity index (χ3n) is 3.70. The second kappa shape index (κ2) is 5.27. The molecule has 0 atom stereocenters. The van der Waals surface area contributed by atoms with E-state index in [0.29, 0.717) is 19.0 Å². The Morgan fingerprint density at radius 2 is 1.77 bits per heavy atom. The molecular weight excluding hydrogens is 280 g/mol. The van der Waals surface area contributed by atoms with Crippen molar-refractivity contribution in [3.63, 3.8) is 0 Å². The molecule has 0 unspecified atom stereocenters. The summed E-state index contributed by atoms with van der Waals surface area (Å²) in [5, 5.41) is 4.33. The highest BCUT2D eigenvalue weighted by Crippen LogP contribution is 2.22. The number of anilines is 2. The zero-order chi connectivity index (χ0) is 14.9. The van der Waals surface area contributed by atoms with Gasteiger partial charge in [-0.15, -0.1) is 0 Å². The predicted molar refractivity (Wildman–Crippen MR) is 83.7 cm³/mol. The number of fused-ring (bicyclic) bond motifs is 1. The van der Waals surface area contributed by atoms with Crippen molar-refractivity contribution in [3.05, 3.63) is 36.5 Å². The molecule has 4 rings (SSSR count). The second-order valence-electron chi connectivity index (χ2n) is 5.17. The summed E-state index contributed by atoms with van der Waals surface area (Å²) in [6.45, 7) is 2.99. The fourth-order valence-corrected chi connectivity index (χ4v) is 2.54. The van der Waals surface area contributed by atoms with Crippen LogP contribution >= 0.6 is 0 Å². The van der Waals surface area contributed by atoms with Crippen molar-refractivity contribution in [1.82, 2.24) is 19.6 Å². The Morgan fingerprint density at radius 1 is 1.00 bits per heavy atom. The summed E-state index contributed by atoms with van der Waals surface area (Å²) >= 11 is 0. The molecule has 3 heterocycles.